The zero-order valence-corrected chi connectivity index (χ0v) is 11.2. The number of anilines is 1. The SMILES string of the molecule is Cc1ccc(Cl)c(C(=O)Nc2cccc(Cl)c2)c1. The third-order valence-electron chi connectivity index (χ3n) is 2.45. The number of carbonyl (C=O) groups is 1. The molecule has 0 heterocycles. The van der Waals surface area contributed by atoms with E-state index in [2.05, 4.69) is 5.32 Å². The van der Waals surface area contributed by atoms with E-state index in [1.807, 2.05) is 13.0 Å². The van der Waals surface area contributed by atoms with Crippen LogP contribution in [0.5, 0.6) is 0 Å². The minimum absolute atomic E-state index is 0.244. The Labute approximate surface area is 116 Å². The molecule has 2 rings (SSSR count). The fraction of sp³-hybridized carbons (Fsp3) is 0.0714. The first-order valence-electron chi connectivity index (χ1n) is 5.39. The highest BCUT2D eigenvalue weighted by atomic mass is 35.5. The summed E-state index contributed by atoms with van der Waals surface area (Å²) in [6.07, 6.45) is 0. The van der Waals surface area contributed by atoms with Crippen LogP contribution in [0, 0.1) is 6.92 Å². The molecule has 0 atom stereocenters. The summed E-state index contributed by atoms with van der Waals surface area (Å²) in [6.45, 7) is 1.91. The van der Waals surface area contributed by atoms with Crippen molar-refractivity contribution in [1.82, 2.24) is 0 Å². The quantitative estimate of drug-likeness (QED) is 0.858. The number of aryl methyl sites for hydroxylation is 1. The molecule has 0 aliphatic heterocycles. The third kappa shape index (κ3) is 3.03. The highest BCUT2D eigenvalue weighted by molar-refractivity contribution is 6.34. The zero-order chi connectivity index (χ0) is 13.1. The molecule has 0 fully saturated rings. The average Bonchev–Trinajstić information content (AvgIpc) is 2.32. The van der Waals surface area contributed by atoms with Gasteiger partial charge in [-0.25, -0.2) is 0 Å². The van der Waals surface area contributed by atoms with E-state index in [4.69, 9.17) is 23.2 Å². The van der Waals surface area contributed by atoms with Gasteiger partial charge in [-0.05, 0) is 37.3 Å². The maximum atomic E-state index is 12.1. The summed E-state index contributed by atoms with van der Waals surface area (Å²) in [5.41, 5.74) is 2.08. The van der Waals surface area contributed by atoms with Crippen LogP contribution in [0.1, 0.15) is 15.9 Å². The minimum Gasteiger partial charge on any atom is -0.322 e. The monoisotopic (exact) mass is 279 g/mol. The molecule has 1 N–H and O–H groups in total. The molecule has 0 saturated carbocycles. The highest BCUT2D eigenvalue weighted by Gasteiger charge is 2.10. The van der Waals surface area contributed by atoms with E-state index in [-0.39, 0.29) is 5.91 Å². The Kier molecular flexibility index (Phi) is 3.90. The maximum Gasteiger partial charge on any atom is 0.257 e. The van der Waals surface area contributed by atoms with E-state index >= 15 is 0 Å². The van der Waals surface area contributed by atoms with Gasteiger partial charge in [0.1, 0.15) is 0 Å². The second kappa shape index (κ2) is 5.42. The summed E-state index contributed by atoms with van der Waals surface area (Å²) in [5, 5.41) is 3.76. The molecule has 0 aliphatic carbocycles. The summed E-state index contributed by atoms with van der Waals surface area (Å²) >= 11 is 11.9. The number of halogens is 2. The van der Waals surface area contributed by atoms with Gasteiger partial charge in [-0.3, -0.25) is 4.79 Å². The molecule has 0 saturated heterocycles. The predicted octanol–water partition coefficient (Wildman–Crippen LogP) is 4.55. The van der Waals surface area contributed by atoms with Crippen LogP contribution in [0.15, 0.2) is 42.5 Å². The first-order valence-corrected chi connectivity index (χ1v) is 6.15. The number of carbonyl (C=O) groups excluding carboxylic acids is 1. The molecule has 0 unspecified atom stereocenters. The molecule has 0 bridgehead atoms. The number of nitrogens with one attached hydrogen (secondary N) is 1. The summed E-state index contributed by atoms with van der Waals surface area (Å²) in [5.74, 6) is -0.244. The molecule has 1 amide bonds. The zero-order valence-electron chi connectivity index (χ0n) is 9.71. The van der Waals surface area contributed by atoms with Crippen molar-refractivity contribution in [3.05, 3.63) is 63.6 Å². The standard InChI is InChI=1S/C14H11Cl2NO/c1-9-5-6-13(16)12(7-9)14(18)17-11-4-2-3-10(15)8-11/h2-8H,1H3,(H,17,18). The largest absolute Gasteiger partial charge is 0.322 e. The summed E-state index contributed by atoms with van der Waals surface area (Å²) in [4.78, 5) is 12.1. The molecular formula is C14H11Cl2NO. The molecule has 2 nitrogen and oxygen atoms in total. The Morgan fingerprint density at radius 3 is 2.61 bits per heavy atom. The number of hydrogen-bond acceptors (Lipinski definition) is 1. The average molecular weight is 280 g/mol. The van der Waals surface area contributed by atoms with Gasteiger partial charge in [0.2, 0.25) is 0 Å². The molecule has 0 aromatic heterocycles. The Morgan fingerprint density at radius 1 is 1.11 bits per heavy atom. The van der Waals surface area contributed by atoms with Gasteiger partial charge in [0.25, 0.3) is 5.91 Å². The van der Waals surface area contributed by atoms with Crippen LogP contribution in [0.2, 0.25) is 10.0 Å². The Morgan fingerprint density at radius 2 is 1.89 bits per heavy atom. The lowest BCUT2D eigenvalue weighted by Gasteiger charge is -2.07. The number of rotatable bonds is 2. The van der Waals surface area contributed by atoms with Gasteiger partial charge in [0, 0.05) is 10.7 Å². The molecule has 18 heavy (non-hydrogen) atoms. The van der Waals surface area contributed by atoms with E-state index in [1.165, 1.54) is 0 Å². The van der Waals surface area contributed by atoms with Gasteiger partial charge in [-0.1, -0.05) is 40.9 Å². The van der Waals surface area contributed by atoms with E-state index in [1.54, 1.807) is 36.4 Å². The Bertz CT molecular complexity index is 596. The van der Waals surface area contributed by atoms with Gasteiger partial charge in [-0.15, -0.1) is 0 Å². The van der Waals surface area contributed by atoms with Crippen molar-refractivity contribution >= 4 is 34.8 Å². The van der Waals surface area contributed by atoms with Crippen molar-refractivity contribution in [2.24, 2.45) is 0 Å². The third-order valence-corrected chi connectivity index (χ3v) is 3.01. The van der Waals surface area contributed by atoms with Crippen molar-refractivity contribution in [3.63, 3.8) is 0 Å². The fourth-order valence-corrected chi connectivity index (χ4v) is 1.97. The fourth-order valence-electron chi connectivity index (χ4n) is 1.58. The minimum atomic E-state index is -0.244. The lowest BCUT2D eigenvalue weighted by molar-refractivity contribution is 0.102. The van der Waals surface area contributed by atoms with Crippen LogP contribution >= 0.6 is 23.2 Å². The highest BCUT2D eigenvalue weighted by Crippen LogP contribution is 2.20. The van der Waals surface area contributed by atoms with Gasteiger partial charge < -0.3 is 5.32 Å². The Hall–Kier alpha value is -1.51. The molecule has 2 aromatic carbocycles. The van der Waals surface area contributed by atoms with Crippen LogP contribution in [0.25, 0.3) is 0 Å². The number of amides is 1. The molecule has 0 aliphatic rings. The number of hydrogen-bond donors (Lipinski definition) is 1. The summed E-state index contributed by atoms with van der Waals surface area (Å²) in [7, 11) is 0. The maximum absolute atomic E-state index is 12.1. The van der Waals surface area contributed by atoms with Crippen LogP contribution in [-0.4, -0.2) is 5.91 Å². The van der Waals surface area contributed by atoms with Crippen LogP contribution in [-0.2, 0) is 0 Å². The van der Waals surface area contributed by atoms with Crippen LogP contribution in [0.3, 0.4) is 0 Å². The van der Waals surface area contributed by atoms with Crippen LogP contribution < -0.4 is 5.32 Å². The van der Waals surface area contributed by atoms with Gasteiger partial charge >= 0.3 is 0 Å². The van der Waals surface area contributed by atoms with Gasteiger partial charge in [0.05, 0.1) is 10.6 Å². The smallest absolute Gasteiger partial charge is 0.257 e. The lowest BCUT2D eigenvalue weighted by Crippen LogP contribution is -2.12. The van der Waals surface area contributed by atoms with Crippen molar-refractivity contribution in [1.29, 1.82) is 0 Å². The molecule has 92 valence electrons. The van der Waals surface area contributed by atoms with E-state index in [0.717, 1.165) is 5.56 Å². The second-order valence-electron chi connectivity index (χ2n) is 3.95. The molecule has 0 radical (unpaired) electrons. The van der Waals surface area contributed by atoms with Crippen molar-refractivity contribution in [3.8, 4) is 0 Å². The first kappa shape index (κ1) is 12.9. The first-order chi connectivity index (χ1) is 8.56. The summed E-state index contributed by atoms with van der Waals surface area (Å²) < 4.78 is 0. The van der Waals surface area contributed by atoms with E-state index in [9.17, 15) is 4.79 Å². The van der Waals surface area contributed by atoms with E-state index in [0.29, 0.717) is 21.3 Å². The Balaban J connectivity index is 2.24. The van der Waals surface area contributed by atoms with Gasteiger partial charge in [-0.2, -0.15) is 0 Å². The summed E-state index contributed by atoms with van der Waals surface area (Å²) in [6, 6.07) is 12.3. The molecular weight excluding hydrogens is 269 g/mol. The predicted molar refractivity (Wildman–Crippen MR) is 75.6 cm³/mol. The normalized spacial score (nSPS) is 10.2. The van der Waals surface area contributed by atoms with Gasteiger partial charge in [0.15, 0.2) is 0 Å². The number of benzene rings is 2. The second-order valence-corrected chi connectivity index (χ2v) is 4.79. The molecule has 0 spiro atoms. The van der Waals surface area contributed by atoms with Crippen molar-refractivity contribution < 1.29 is 4.79 Å². The molecule has 2 aromatic rings. The van der Waals surface area contributed by atoms with Crippen molar-refractivity contribution in [2.75, 3.05) is 5.32 Å². The van der Waals surface area contributed by atoms with Crippen molar-refractivity contribution in [2.45, 2.75) is 6.92 Å². The lowest BCUT2D eigenvalue weighted by atomic mass is 10.1. The van der Waals surface area contributed by atoms with Crippen LogP contribution in [0.4, 0.5) is 5.69 Å². The van der Waals surface area contributed by atoms with E-state index < -0.39 is 0 Å². The topological polar surface area (TPSA) is 29.1 Å². The molecule has 4 heteroatoms.